The number of halogens is 1. The number of ether oxygens (including phenoxy) is 1. The molecule has 2 aromatic rings. The van der Waals surface area contributed by atoms with Crippen molar-refractivity contribution < 1.29 is 4.74 Å². The van der Waals surface area contributed by atoms with Crippen molar-refractivity contribution in [3.8, 4) is 11.3 Å². The van der Waals surface area contributed by atoms with E-state index in [1.165, 1.54) is 0 Å². The molecule has 1 aliphatic rings. The summed E-state index contributed by atoms with van der Waals surface area (Å²) >= 11 is 3.48. The first kappa shape index (κ1) is 13.3. The highest BCUT2D eigenvalue weighted by atomic mass is 79.9. The summed E-state index contributed by atoms with van der Waals surface area (Å²) in [6.45, 7) is 2.96. The number of hydrogen-bond acceptors (Lipinski definition) is 5. The Labute approximate surface area is 125 Å². The summed E-state index contributed by atoms with van der Waals surface area (Å²) in [6, 6.07) is 9.96. The van der Waals surface area contributed by atoms with Gasteiger partial charge in [-0.25, -0.2) is 4.98 Å². The van der Waals surface area contributed by atoms with Crippen LogP contribution in [0.1, 0.15) is 0 Å². The number of anilines is 2. The molecule has 20 heavy (non-hydrogen) atoms. The van der Waals surface area contributed by atoms with Crippen LogP contribution in [0.3, 0.4) is 0 Å². The number of hydrogen-bond donors (Lipinski definition) is 1. The molecule has 0 atom stereocenters. The monoisotopic (exact) mass is 334 g/mol. The van der Waals surface area contributed by atoms with E-state index in [-0.39, 0.29) is 0 Å². The minimum Gasteiger partial charge on any atom is -0.383 e. The Morgan fingerprint density at radius 3 is 2.50 bits per heavy atom. The average molecular weight is 335 g/mol. The quantitative estimate of drug-likeness (QED) is 0.913. The molecule has 1 aromatic carbocycles. The van der Waals surface area contributed by atoms with Crippen molar-refractivity contribution in [3.63, 3.8) is 0 Å². The van der Waals surface area contributed by atoms with Crippen molar-refractivity contribution in [2.24, 2.45) is 0 Å². The molecule has 1 saturated heterocycles. The molecule has 2 heterocycles. The Kier molecular flexibility index (Phi) is 3.84. The Balaban J connectivity index is 2.03. The van der Waals surface area contributed by atoms with Crippen LogP contribution in [0.25, 0.3) is 11.3 Å². The van der Waals surface area contributed by atoms with E-state index < -0.39 is 0 Å². The Bertz CT molecular complexity index is 600. The molecule has 2 N–H and O–H groups in total. The maximum Gasteiger partial charge on any atom is 0.228 e. The van der Waals surface area contributed by atoms with E-state index in [0.29, 0.717) is 25.0 Å². The number of nitrogens with zero attached hydrogens (tertiary/aromatic N) is 3. The average Bonchev–Trinajstić information content (AvgIpc) is 2.51. The van der Waals surface area contributed by atoms with Gasteiger partial charge in [0.1, 0.15) is 5.82 Å². The first-order valence-corrected chi connectivity index (χ1v) is 7.26. The second-order valence-corrected chi connectivity index (χ2v) is 5.33. The molecule has 0 radical (unpaired) electrons. The van der Waals surface area contributed by atoms with Crippen molar-refractivity contribution in [1.82, 2.24) is 9.97 Å². The van der Waals surface area contributed by atoms with Gasteiger partial charge in [-0.05, 0) is 15.9 Å². The highest BCUT2D eigenvalue weighted by Crippen LogP contribution is 2.31. The highest BCUT2D eigenvalue weighted by Gasteiger charge is 2.18. The second-order valence-electron chi connectivity index (χ2n) is 4.54. The first-order chi connectivity index (χ1) is 9.75. The lowest BCUT2D eigenvalue weighted by Gasteiger charge is -2.27. The van der Waals surface area contributed by atoms with Crippen LogP contribution in [-0.4, -0.2) is 36.3 Å². The zero-order valence-electron chi connectivity index (χ0n) is 10.9. The molecule has 0 spiro atoms. The molecule has 0 saturated carbocycles. The molecule has 104 valence electrons. The van der Waals surface area contributed by atoms with Crippen LogP contribution in [0.2, 0.25) is 0 Å². The summed E-state index contributed by atoms with van der Waals surface area (Å²) in [5.74, 6) is 1.12. The van der Waals surface area contributed by atoms with Gasteiger partial charge in [0.05, 0.1) is 23.4 Å². The molecular formula is C14H15BrN4O. The lowest BCUT2D eigenvalue weighted by molar-refractivity contribution is 0.122. The van der Waals surface area contributed by atoms with Crippen molar-refractivity contribution in [2.75, 3.05) is 36.9 Å². The van der Waals surface area contributed by atoms with E-state index in [0.717, 1.165) is 28.8 Å². The van der Waals surface area contributed by atoms with Gasteiger partial charge in [0.25, 0.3) is 0 Å². The largest absolute Gasteiger partial charge is 0.383 e. The summed E-state index contributed by atoms with van der Waals surface area (Å²) in [7, 11) is 0. The van der Waals surface area contributed by atoms with E-state index in [1.54, 1.807) is 0 Å². The molecule has 5 nitrogen and oxygen atoms in total. The highest BCUT2D eigenvalue weighted by molar-refractivity contribution is 9.10. The number of rotatable bonds is 2. The summed E-state index contributed by atoms with van der Waals surface area (Å²) in [4.78, 5) is 11.1. The zero-order valence-corrected chi connectivity index (χ0v) is 12.5. The van der Waals surface area contributed by atoms with Gasteiger partial charge in [-0.15, -0.1) is 0 Å². The summed E-state index contributed by atoms with van der Waals surface area (Å²) in [5.41, 5.74) is 7.85. The second kappa shape index (κ2) is 5.76. The standard InChI is InChI=1S/C14H15BrN4O/c15-11-12(10-4-2-1-3-5-10)17-14(18-13(11)16)19-6-8-20-9-7-19/h1-5H,6-9H2,(H2,16,17,18). The first-order valence-electron chi connectivity index (χ1n) is 6.47. The van der Waals surface area contributed by atoms with Gasteiger partial charge >= 0.3 is 0 Å². The fourth-order valence-corrected chi connectivity index (χ4v) is 2.55. The topological polar surface area (TPSA) is 64.3 Å². The number of morpholine rings is 1. The van der Waals surface area contributed by atoms with Crippen molar-refractivity contribution in [3.05, 3.63) is 34.8 Å². The van der Waals surface area contributed by atoms with Gasteiger partial charge in [-0.3, -0.25) is 0 Å². The Morgan fingerprint density at radius 1 is 1.10 bits per heavy atom. The summed E-state index contributed by atoms with van der Waals surface area (Å²) in [6.07, 6.45) is 0. The van der Waals surface area contributed by atoms with Crippen molar-refractivity contribution >= 4 is 27.7 Å². The molecule has 3 rings (SSSR count). The molecule has 0 aliphatic carbocycles. The fourth-order valence-electron chi connectivity index (χ4n) is 2.14. The molecule has 6 heteroatoms. The van der Waals surface area contributed by atoms with Gasteiger partial charge in [0.2, 0.25) is 5.95 Å². The zero-order chi connectivity index (χ0) is 13.9. The van der Waals surface area contributed by atoms with E-state index in [4.69, 9.17) is 10.5 Å². The molecular weight excluding hydrogens is 320 g/mol. The van der Waals surface area contributed by atoms with Gasteiger partial charge < -0.3 is 15.4 Å². The lowest BCUT2D eigenvalue weighted by atomic mass is 10.1. The van der Waals surface area contributed by atoms with Crippen LogP contribution in [0.5, 0.6) is 0 Å². The molecule has 0 bridgehead atoms. The van der Waals surface area contributed by atoms with Crippen LogP contribution < -0.4 is 10.6 Å². The molecule has 1 aromatic heterocycles. The Morgan fingerprint density at radius 2 is 1.80 bits per heavy atom. The minimum atomic E-state index is 0.459. The number of aromatic nitrogens is 2. The maximum atomic E-state index is 6.01. The number of nitrogens with two attached hydrogens (primary N) is 1. The predicted molar refractivity (Wildman–Crippen MR) is 82.6 cm³/mol. The fraction of sp³-hybridized carbons (Fsp3) is 0.286. The lowest BCUT2D eigenvalue weighted by Crippen LogP contribution is -2.37. The van der Waals surface area contributed by atoms with E-state index >= 15 is 0 Å². The van der Waals surface area contributed by atoms with Crippen molar-refractivity contribution in [1.29, 1.82) is 0 Å². The molecule has 0 amide bonds. The predicted octanol–water partition coefficient (Wildman–Crippen LogP) is 2.32. The summed E-state index contributed by atoms with van der Waals surface area (Å²) in [5, 5.41) is 0. The van der Waals surface area contributed by atoms with E-state index in [1.807, 2.05) is 30.3 Å². The molecule has 0 unspecified atom stereocenters. The van der Waals surface area contributed by atoms with Gasteiger partial charge in [0, 0.05) is 18.7 Å². The van der Waals surface area contributed by atoms with Crippen LogP contribution in [0, 0.1) is 0 Å². The van der Waals surface area contributed by atoms with E-state index in [9.17, 15) is 0 Å². The smallest absolute Gasteiger partial charge is 0.228 e. The third-order valence-corrected chi connectivity index (χ3v) is 3.99. The van der Waals surface area contributed by atoms with Gasteiger partial charge in [-0.1, -0.05) is 30.3 Å². The third kappa shape index (κ3) is 2.62. The van der Waals surface area contributed by atoms with Crippen LogP contribution in [0.15, 0.2) is 34.8 Å². The minimum absolute atomic E-state index is 0.459. The Hall–Kier alpha value is -1.66. The van der Waals surface area contributed by atoms with Crippen LogP contribution in [-0.2, 0) is 4.74 Å². The van der Waals surface area contributed by atoms with E-state index in [2.05, 4.69) is 30.8 Å². The summed E-state index contributed by atoms with van der Waals surface area (Å²) < 4.78 is 6.09. The maximum absolute atomic E-state index is 6.01. The van der Waals surface area contributed by atoms with Crippen LogP contribution >= 0.6 is 15.9 Å². The van der Waals surface area contributed by atoms with Crippen LogP contribution in [0.4, 0.5) is 11.8 Å². The normalized spacial score (nSPS) is 15.3. The molecule has 1 fully saturated rings. The van der Waals surface area contributed by atoms with Crippen molar-refractivity contribution in [2.45, 2.75) is 0 Å². The van der Waals surface area contributed by atoms with Gasteiger partial charge in [0.15, 0.2) is 0 Å². The van der Waals surface area contributed by atoms with Gasteiger partial charge in [-0.2, -0.15) is 4.98 Å². The number of benzene rings is 1. The number of nitrogen functional groups attached to an aromatic ring is 1. The molecule has 1 aliphatic heterocycles. The third-order valence-electron chi connectivity index (χ3n) is 3.21. The SMILES string of the molecule is Nc1nc(N2CCOCC2)nc(-c2ccccc2)c1Br.